The minimum atomic E-state index is -0.795. The van der Waals surface area contributed by atoms with Crippen LogP contribution in [0.3, 0.4) is 0 Å². The maximum absolute atomic E-state index is 12.4. The number of carbonyl (C=O) groups is 3. The molecule has 8 nitrogen and oxygen atoms in total. The van der Waals surface area contributed by atoms with Crippen LogP contribution in [0.25, 0.3) is 0 Å². The Morgan fingerprint density at radius 1 is 1.04 bits per heavy atom. The number of benzene rings is 2. The van der Waals surface area contributed by atoms with Crippen LogP contribution in [-0.2, 0) is 4.74 Å². The highest BCUT2D eigenvalue weighted by atomic mass is 16.6. The summed E-state index contributed by atoms with van der Waals surface area (Å²) < 4.78 is 4.54. The Labute approximate surface area is 142 Å². The largest absolute Gasteiger partial charge is 0.465 e. The number of carbonyl (C=O) groups excluding carboxylic acids is 3. The number of nitro benzene ring substituents is 1. The Hall–Kier alpha value is -3.55. The molecule has 8 heteroatoms. The number of rotatable bonds is 5. The smallest absolute Gasteiger partial charge is 0.338 e. The molecule has 0 unspecified atom stereocenters. The van der Waals surface area contributed by atoms with Crippen molar-refractivity contribution in [1.29, 1.82) is 0 Å². The molecular formula is C17H14N2O6. The highest BCUT2D eigenvalue weighted by Gasteiger charge is 2.18. The Bertz CT molecular complexity index is 875. The van der Waals surface area contributed by atoms with E-state index in [9.17, 15) is 24.5 Å². The van der Waals surface area contributed by atoms with Crippen molar-refractivity contribution in [1.82, 2.24) is 0 Å². The van der Waals surface area contributed by atoms with Gasteiger partial charge in [-0.2, -0.15) is 0 Å². The first kappa shape index (κ1) is 17.8. The van der Waals surface area contributed by atoms with E-state index in [0.29, 0.717) is 11.3 Å². The number of nitrogens with zero attached hydrogens (tertiary/aromatic N) is 1. The number of nitro groups is 1. The number of nitrogens with one attached hydrogen (secondary N) is 1. The first-order chi connectivity index (χ1) is 11.8. The molecule has 1 N–H and O–H groups in total. The average Bonchev–Trinajstić information content (AvgIpc) is 2.60. The monoisotopic (exact) mass is 342 g/mol. The van der Waals surface area contributed by atoms with Crippen molar-refractivity contribution in [2.75, 3.05) is 12.4 Å². The topological polar surface area (TPSA) is 116 Å². The Morgan fingerprint density at radius 3 is 2.32 bits per heavy atom. The molecule has 0 aliphatic carbocycles. The van der Waals surface area contributed by atoms with Crippen molar-refractivity contribution in [3.8, 4) is 0 Å². The lowest BCUT2D eigenvalue weighted by atomic mass is 10.1. The van der Waals surface area contributed by atoms with Gasteiger partial charge >= 0.3 is 5.97 Å². The van der Waals surface area contributed by atoms with Gasteiger partial charge in [0.2, 0.25) is 0 Å². The van der Waals surface area contributed by atoms with E-state index in [1.165, 1.54) is 19.1 Å². The SMILES string of the molecule is COC(=O)c1cc(C(=O)Nc2cccc(C(C)=O)c2)cc([N+](=O)[O-])c1. The maximum atomic E-state index is 12.4. The van der Waals surface area contributed by atoms with Crippen molar-refractivity contribution in [3.63, 3.8) is 0 Å². The molecule has 128 valence electrons. The number of hydrogen-bond donors (Lipinski definition) is 1. The molecular weight excluding hydrogens is 328 g/mol. The Kier molecular flexibility index (Phi) is 5.23. The molecule has 0 aromatic heterocycles. The zero-order valence-electron chi connectivity index (χ0n) is 13.4. The van der Waals surface area contributed by atoms with Crippen molar-refractivity contribution in [2.24, 2.45) is 0 Å². The minimum Gasteiger partial charge on any atom is -0.465 e. The maximum Gasteiger partial charge on any atom is 0.338 e. The highest BCUT2D eigenvalue weighted by Crippen LogP contribution is 2.20. The third-order valence-electron chi connectivity index (χ3n) is 3.34. The molecule has 0 saturated carbocycles. The summed E-state index contributed by atoms with van der Waals surface area (Å²) in [5.41, 5.74) is 0.156. The molecule has 0 heterocycles. The van der Waals surface area contributed by atoms with Gasteiger partial charge in [-0.15, -0.1) is 0 Å². The van der Waals surface area contributed by atoms with Crippen LogP contribution in [0.4, 0.5) is 11.4 Å². The fourth-order valence-corrected chi connectivity index (χ4v) is 2.10. The van der Waals surface area contributed by atoms with Gasteiger partial charge in [0.25, 0.3) is 11.6 Å². The lowest BCUT2D eigenvalue weighted by Crippen LogP contribution is -2.14. The van der Waals surface area contributed by atoms with Crippen molar-refractivity contribution in [3.05, 3.63) is 69.3 Å². The summed E-state index contributed by atoms with van der Waals surface area (Å²) in [7, 11) is 1.13. The van der Waals surface area contributed by atoms with E-state index in [1.807, 2.05) is 0 Å². The van der Waals surface area contributed by atoms with Gasteiger partial charge in [-0.05, 0) is 25.1 Å². The molecule has 0 aliphatic rings. The number of ether oxygens (including phenoxy) is 1. The van der Waals surface area contributed by atoms with E-state index in [4.69, 9.17) is 0 Å². The third kappa shape index (κ3) is 4.25. The van der Waals surface area contributed by atoms with Gasteiger partial charge in [-0.25, -0.2) is 4.79 Å². The number of ketones is 1. The average molecular weight is 342 g/mol. The standard InChI is InChI=1S/C17H14N2O6/c1-10(20)11-4-3-5-14(7-11)18-16(21)12-6-13(17(22)25-2)9-15(8-12)19(23)24/h3-9H,1-2H3,(H,18,21). The summed E-state index contributed by atoms with van der Waals surface area (Å²) in [6.45, 7) is 1.39. The number of esters is 1. The summed E-state index contributed by atoms with van der Waals surface area (Å²) in [4.78, 5) is 45.7. The van der Waals surface area contributed by atoms with Crippen LogP contribution in [0.2, 0.25) is 0 Å². The van der Waals surface area contributed by atoms with E-state index in [-0.39, 0.29) is 16.9 Å². The summed E-state index contributed by atoms with van der Waals surface area (Å²) in [5.74, 6) is -1.62. The van der Waals surface area contributed by atoms with Crippen LogP contribution >= 0.6 is 0 Å². The molecule has 0 radical (unpaired) electrons. The summed E-state index contributed by atoms with van der Waals surface area (Å²) in [6.07, 6.45) is 0. The number of amides is 1. The molecule has 2 aromatic carbocycles. The third-order valence-corrected chi connectivity index (χ3v) is 3.34. The summed E-state index contributed by atoms with van der Waals surface area (Å²) in [5, 5.41) is 13.5. The van der Waals surface area contributed by atoms with Gasteiger partial charge in [0, 0.05) is 28.9 Å². The van der Waals surface area contributed by atoms with E-state index in [0.717, 1.165) is 19.2 Å². The fourth-order valence-electron chi connectivity index (χ4n) is 2.10. The predicted molar refractivity (Wildman–Crippen MR) is 88.8 cm³/mol. The van der Waals surface area contributed by atoms with Gasteiger partial charge in [0.1, 0.15) is 0 Å². The Morgan fingerprint density at radius 2 is 1.72 bits per heavy atom. The van der Waals surface area contributed by atoms with Crippen LogP contribution in [0.5, 0.6) is 0 Å². The molecule has 0 aliphatic heterocycles. The van der Waals surface area contributed by atoms with Gasteiger partial charge in [-0.1, -0.05) is 12.1 Å². The Balaban J connectivity index is 2.36. The second kappa shape index (κ2) is 7.35. The normalized spacial score (nSPS) is 10.0. The quantitative estimate of drug-likeness (QED) is 0.386. The van der Waals surface area contributed by atoms with Gasteiger partial charge in [0.05, 0.1) is 17.6 Å². The van der Waals surface area contributed by atoms with E-state index in [1.54, 1.807) is 18.2 Å². The number of hydrogen-bond acceptors (Lipinski definition) is 6. The van der Waals surface area contributed by atoms with E-state index in [2.05, 4.69) is 10.1 Å². The van der Waals surface area contributed by atoms with Crippen molar-refractivity contribution >= 4 is 29.0 Å². The zero-order valence-corrected chi connectivity index (χ0v) is 13.4. The van der Waals surface area contributed by atoms with E-state index < -0.39 is 22.5 Å². The second-order valence-corrected chi connectivity index (χ2v) is 5.11. The molecule has 0 fully saturated rings. The molecule has 0 spiro atoms. The first-order valence-corrected chi connectivity index (χ1v) is 7.12. The van der Waals surface area contributed by atoms with Gasteiger partial charge in [0.15, 0.2) is 5.78 Å². The van der Waals surface area contributed by atoms with Gasteiger partial charge in [-0.3, -0.25) is 19.7 Å². The van der Waals surface area contributed by atoms with Crippen LogP contribution in [0.15, 0.2) is 42.5 Å². The number of anilines is 1. The number of non-ortho nitro benzene ring substituents is 1. The van der Waals surface area contributed by atoms with E-state index >= 15 is 0 Å². The number of methoxy groups -OCH3 is 1. The van der Waals surface area contributed by atoms with Crippen LogP contribution < -0.4 is 5.32 Å². The molecule has 1 amide bonds. The molecule has 0 atom stereocenters. The minimum absolute atomic E-state index is 0.0807. The predicted octanol–water partition coefficient (Wildman–Crippen LogP) is 2.84. The molecule has 2 aromatic rings. The fraction of sp³-hybridized carbons (Fsp3) is 0.118. The molecule has 0 saturated heterocycles. The lowest BCUT2D eigenvalue weighted by Gasteiger charge is -2.08. The highest BCUT2D eigenvalue weighted by molar-refractivity contribution is 6.07. The van der Waals surface area contributed by atoms with Crippen molar-refractivity contribution < 1.29 is 24.0 Å². The molecule has 2 rings (SSSR count). The van der Waals surface area contributed by atoms with Crippen molar-refractivity contribution in [2.45, 2.75) is 6.92 Å². The molecule has 25 heavy (non-hydrogen) atoms. The van der Waals surface area contributed by atoms with Crippen LogP contribution in [0.1, 0.15) is 38.0 Å². The second-order valence-electron chi connectivity index (χ2n) is 5.11. The van der Waals surface area contributed by atoms with Crippen LogP contribution in [-0.4, -0.2) is 29.7 Å². The van der Waals surface area contributed by atoms with Crippen LogP contribution in [0, 0.1) is 10.1 Å². The molecule has 0 bridgehead atoms. The zero-order chi connectivity index (χ0) is 18.6. The number of Topliss-reactive ketones (excluding diaryl/α,β-unsaturated/α-hetero) is 1. The first-order valence-electron chi connectivity index (χ1n) is 7.12. The van der Waals surface area contributed by atoms with Gasteiger partial charge < -0.3 is 10.1 Å². The lowest BCUT2D eigenvalue weighted by molar-refractivity contribution is -0.384. The summed E-state index contributed by atoms with van der Waals surface area (Å²) in [6, 6.07) is 9.53. The summed E-state index contributed by atoms with van der Waals surface area (Å²) >= 11 is 0.